The lowest BCUT2D eigenvalue weighted by atomic mass is 10.2. The van der Waals surface area contributed by atoms with Crippen LogP contribution in [-0.2, 0) is 14.3 Å². The van der Waals surface area contributed by atoms with E-state index in [0.717, 1.165) is 25.7 Å². The number of ketones is 1. The molecule has 0 aliphatic heterocycles. The van der Waals surface area contributed by atoms with E-state index in [1.54, 1.807) is 19.1 Å². The highest BCUT2D eigenvalue weighted by Gasteiger charge is 2.23. The number of thiophene rings is 1. The largest absolute Gasteiger partial charge is 0.453 e. The lowest BCUT2D eigenvalue weighted by Gasteiger charge is -2.17. The van der Waals surface area contributed by atoms with Crippen molar-refractivity contribution in [1.82, 2.24) is 5.32 Å². The maximum absolute atomic E-state index is 11.9. The summed E-state index contributed by atoms with van der Waals surface area (Å²) in [6, 6.07) is 3.47. The lowest BCUT2D eigenvalue weighted by Crippen LogP contribution is -2.40. The second kappa shape index (κ2) is 8.45. The Kier molecular flexibility index (Phi) is 6.59. The van der Waals surface area contributed by atoms with Crippen LogP contribution in [-0.4, -0.2) is 29.8 Å². The molecule has 0 bridgehead atoms. The van der Waals surface area contributed by atoms with Crippen LogP contribution >= 0.6 is 22.9 Å². The monoisotopic (exact) mass is 357 g/mol. The van der Waals surface area contributed by atoms with E-state index in [4.69, 9.17) is 16.3 Å². The first-order chi connectivity index (χ1) is 11.0. The van der Waals surface area contributed by atoms with Crippen LogP contribution in [0.3, 0.4) is 0 Å². The summed E-state index contributed by atoms with van der Waals surface area (Å²) in [4.78, 5) is 36.1. The summed E-state index contributed by atoms with van der Waals surface area (Å²) in [6.07, 6.45) is 3.35. The molecule has 1 aliphatic carbocycles. The molecule has 126 valence electrons. The Morgan fingerprint density at radius 1 is 1.30 bits per heavy atom. The summed E-state index contributed by atoms with van der Waals surface area (Å²) in [5.74, 6) is -0.974. The Morgan fingerprint density at radius 3 is 2.61 bits per heavy atom. The lowest BCUT2D eigenvalue weighted by molar-refractivity contribution is -0.155. The van der Waals surface area contributed by atoms with Gasteiger partial charge in [-0.2, -0.15) is 0 Å². The van der Waals surface area contributed by atoms with Gasteiger partial charge in [-0.3, -0.25) is 14.4 Å². The quantitative estimate of drug-likeness (QED) is 0.600. The SMILES string of the molecule is CC(OC(=O)CCC(=O)c1ccc(Cl)s1)C(=O)NC1CCCC1. The third-order valence-corrected chi connectivity index (χ3v) is 5.06. The number of rotatable bonds is 7. The highest BCUT2D eigenvalue weighted by molar-refractivity contribution is 7.18. The molecule has 0 saturated heterocycles. The molecule has 1 N–H and O–H groups in total. The fraction of sp³-hybridized carbons (Fsp3) is 0.562. The molecule has 1 aromatic heterocycles. The van der Waals surface area contributed by atoms with Crippen molar-refractivity contribution in [1.29, 1.82) is 0 Å². The molecule has 1 aromatic rings. The number of carbonyl (C=O) groups is 3. The van der Waals surface area contributed by atoms with Crippen LogP contribution in [0.4, 0.5) is 0 Å². The first kappa shape index (κ1) is 17.9. The van der Waals surface area contributed by atoms with Gasteiger partial charge in [-0.25, -0.2) is 0 Å². The molecule has 1 heterocycles. The van der Waals surface area contributed by atoms with Crippen molar-refractivity contribution >= 4 is 40.6 Å². The van der Waals surface area contributed by atoms with Crippen LogP contribution in [0.25, 0.3) is 0 Å². The first-order valence-corrected chi connectivity index (χ1v) is 8.93. The average molecular weight is 358 g/mol. The number of hydrogen-bond acceptors (Lipinski definition) is 5. The molecule has 7 heteroatoms. The molecule has 23 heavy (non-hydrogen) atoms. The number of ether oxygens (including phenoxy) is 1. The second-order valence-electron chi connectivity index (χ2n) is 5.65. The van der Waals surface area contributed by atoms with Gasteiger partial charge in [-0.15, -0.1) is 11.3 Å². The van der Waals surface area contributed by atoms with Gasteiger partial charge in [-0.1, -0.05) is 24.4 Å². The Balaban J connectivity index is 1.70. The van der Waals surface area contributed by atoms with Crippen molar-refractivity contribution in [3.63, 3.8) is 0 Å². The maximum atomic E-state index is 11.9. The minimum Gasteiger partial charge on any atom is -0.453 e. The van der Waals surface area contributed by atoms with Crippen molar-refractivity contribution in [3.05, 3.63) is 21.3 Å². The molecule has 1 fully saturated rings. The van der Waals surface area contributed by atoms with Crippen molar-refractivity contribution in [2.45, 2.75) is 57.6 Å². The van der Waals surface area contributed by atoms with Gasteiger partial charge >= 0.3 is 5.97 Å². The van der Waals surface area contributed by atoms with E-state index in [1.165, 1.54) is 11.3 Å². The van der Waals surface area contributed by atoms with Gasteiger partial charge in [0.05, 0.1) is 15.6 Å². The van der Waals surface area contributed by atoms with Gasteiger partial charge in [0.2, 0.25) is 0 Å². The van der Waals surface area contributed by atoms with E-state index in [0.29, 0.717) is 9.21 Å². The fourth-order valence-corrected chi connectivity index (χ4v) is 3.51. The number of esters is 1. The van der Waals surface area contributed by atoms with E-state index in [-0.39, 0.29) is 30.6 Å². The zero-order valence-electron chi connectivity index (χ0n) is 13.0. The van der Waals surface area contributed by atoms with Crippen LogP contribution in [0.2, 0.25) is 4.34 Å². The van der Waals surface area contributed by atoms with Gasteiger partial charge in [0.1, 0.15) is 0 Å². The minimum absolute atomic E-state index is 0.0462. The molecule has 5 nitrogen and oxygen atoms in total. The van der Waals surface area contributed by atoms with Gasteiger partial charge in [0.15, 0.2) is 11.9 Å². The Morgan fingerprint density at radius 2 is 2.00 bits per heavy atom. The minimum atomic E-state index is -0.839. The molecular formula is C16H20ClNO4S. The van der Waals surface area contributed by atoms with Crippen molar-refractivity contribution in [2.75, 3.05) is 0 Å². The number of nitrogens with one attached hydrogen (secondary N) is 1. The molecule has 0 aromatic carbocycles. The smallest absolute Gasteiger partial charge is 0.307 e. The number of carbonyl (C=O) groups excluding carboxylic acids is 3. The molecule has 2 rings (SSSR count). The molecule has 1 amide bonds. The van der Waals surface area contributed by atoms with E-state index in [2.05, 4.69) is 5.32 Å². The molecular weight excluding hydrogens is 338 g/mol. The Hall–Kier alpha value is -1.40. The summed E-state index contributed by atoms with van der Waals surface area (Å²) in [7, 11) is 0. The molecule has 1 aliphatic rings. The van der Waals surface area contributed by atoms with Crippen molar-refractivity contribution < 1.29 is 19.1 Å². The van der Waals surface area contributed by atoms with E-state index in [1.807, 2.05) is 0 Å². The summed E-state index contributed by atoms with van der Waals surface area (Å²) < 4.78 is 5.62. The Bertz CT molecular complexity index is 580. The molecule has 1 atom stereocenters. The highest BCUT2D eigenvalue weighted by Crippen LogP contribution is 2.23. The fourth-order valence-electron chi connectivity index (χ4n) is 2.50. The average Bonchev–Trinajstić information content (AvgIpc) is 3.16. The zero-order chi connectivity index (χ0) is 16.8. The molecule has 1 saturated carbocycles. The third kappa shape index (κ3) is 5.62. The maximum Gasteiger partial charge on any atom is 0.307 e. The number of Topliss-reactive ketones (excluding diaryl/α,β-unsaturated/α-hetero) is 1. The van der Waals surface area contributed by atoms with Gasteiger partial charge in [-0.05, 0) is 31.9 Å². The molecule has 0 spiro atoms. The van der Waals surface area contributed by atoms with Crippen LogP contribution < -0.4 is 5.32 Å². The van der Waals surface area contributed by atoms with Crippen LogP contribution in [0.5, 0.6) is 0 Å². The third-order valence-electron chi connectivity index (χ3n) is 3.78. The molecule has 1 unspecified atom stereocenters. The van der Waals surface area contributed by atoms with Crippen LogP contribution in [0.1, 0.15) is 55.1 Å². The standard InChI is InChI=1S/C16H20ClNO4S/c1-10(16(21)18-11-4-2-3-5-11)22-15(20)9-6-12(19)13-7-8-14(17)23-13/h7-8,10-11H,2-6,9H2,1H3,(H,18,21). The summed E-state index contributed by atoms with van der Waals surface area (Å²) >= 11 is 6.95. The second-order valence-corrected chi connectivity index (χ2v) is 7.36. The van der Waals surface area contributed by atoms with E-state index >= 15 is 0 Å². The highest BCUT2D eigenvalue weighted by atomic mass is 35.5. The summed E-state index contributed by atoms with van der Waals surface area (Å²) in [5.41, 5.74) is 0. The van der Waals surface area contributed by atoms with Gasteiger partial charge < -0.3 is 10.1 Å². The first-order valence-electron chi connectivity index (χ1n) is 7.74. The van der Waals surface area contributed by atoms with Crippen LogP contribution in [0, 0.1) is 0 Å². The van der Waals surface area contributed by atoms with Crippen molar-refractivity contribution in [2.24, 2.45) is 0 Å². The predicted molar refractivity (Wildman–Crippen MR) is 88.8 cm³/mol. The van der Waals surface area contributed by atoms with E-state index in [9.17, 15) is 14.4 Å². The van der Waals surface area contributed by atoms with Gasteiger partial charge in [0.25, 0.3) is 5.91 Å². The number of amides is 1. The summed E-state index contributed by atoms with van der Waals surface area (Å²) in [6.45, 7) is 1.54. The summed E-state index contributed by atoms with van der Waals surface area (Å²) in [5, 5.41) is 2.88. The number of hydrogen-bond donors (Lipinski definition) is 1. The molecule has 0 radical (unpaired) electrons. The van der Waals surface area contributed by atoms with Gasteiger partial charge in [0, 0.05) is 12.5 Å². The Labute approximate surface area is 144 Å². The number of halogens is 1. The van der Waals surface area contributed by atoms with Crippen LogP contribution in [0.15, 0.2) is 12.1 Å². The van der Waals surface area contributed by atoms with Crippen molar-refractivity contribution in [3.8, 4) is 0 Å². The topological polar surface area (TPSA) is 72.5 Å². The predicted octanol–water partition coefficient (Wildman–Crippen LogP) is 3.35. The zero-order valence-corrected chi connectivity index (χ0v) is 14.5. The van der Waals surface area contributed by atoms with E-state index < -0.39 is 12.1 Å². The normalized spacial score (nSPS) is 16.1.